The standard InChI is InChI=1S/C9H12N2O4S.C6H4.CH4/c10-4-9(12)11-16(13,14)8-3-6-1-2-7(8)15-5-6;1-2-5-4-6(5)3-1;/h1-3,9,11-12H,4-5,10H2;1-4H;1H4. The zero-order valence-corrected chi connectivity index (χ0v) is 12.5. The highest BCUT2D eigenvalue weighted by Crippen LogP contribution is 2.32. The predicted octanol–water partition coefficient (Wildman–Crippen LogP) is 1.44. The number of sulfonamides is 1. The van der Waals surface area contributed by atoms with Crippen LogP contribution in [-0.4, -0.2) is 26.3 Å². The molecule has 2 aliphatic carbocycles. The summed E-state index contributed by atoms with van der Waals surface area (Å²) in [6, 6.07) is 13.4. The number of fused-ring (bicyclic) bond motifs is 4. The third-order valence-corrected chi connectivity index (χ3v) is 4.80. The molecule has 0 fully saturated rings. The lowest BCUT2D eigenvalue weighted by atomic mass is 10.2. The van der Waals surface area contributed by atoms with Crippen LogP contribution in [0.2, 0.25) is 0 Å². The van der Waals surface area contributed by atoms with Crippen LogP contribution in [0.5, 0.6) is 5.75 Å². The van der Waals surface area contributed by atoms with Gasteiger partial charge in [0.1, 0.15) is 23.5 Å². The average molecular weight is 336 g/mol. The van der Waals surface area contributed by atoms with E-state index >= 15 is 0 Å². The highest BCUT2D eigenvalue weighted by Gasteiger charge is 2.25. The lowest BCUT2D eigenvalue weighted by Gasteiger charge is -2.20. The number of aliphatic hydroxyl groups is 1. The molecule has 2 heterocycles. The van der Waals surface area contributed by atoms with Gasteiger partial charge < -0.3 is 15.6 Å². The first-order chi connectivity index (χ1) is 10.5. The Bertz CT molecular complexity index is 788. The SMILES string of the molecule is C.NCC(O)NS(=O)(=O)c1cc2ccc1OC2.c1cc2cc-2c1. The lowest BCUT2D eigenvalue weighted by molar-refractivity contribution is 0.171. The van der Waals surface area contributed by atoms with E-state index in [9.17, 15) is 13.5 Å². The first-order valence-electron chi connectivity index (χ1n) is 6.76. The van der Waals surface area contributed by atoms with Gasteiger partial charge in [0.15, 0.2) is 0 Å². The van der Waals surface area contributed by atoms with E-state index in [4.69, 9.17) is 10.5 Å². The minimum absolute atomic E-state index is 0. The summed E-state index contributed by atoms with van der Waals surface area (Å²) in [5.74, 6) is 0.284. The smallest absolute Gasteiger partial charge is 0.246 e. The molecule has 1 unspecified atom stereocenters. The van der Waals surface area contributed by atoms with E-state index in [0.717, 1.165) is 5.56 Å². The van der Waals surface area contributed by atoms with Gasteiger partial charge in [-0.15, -0.1) is 0 Å². The first-order valence-corrected chi connectivity index (χ1v) is 8.24. The fourth-order valence-electron chi connectivity index (χ4n) is 2.10. The summed E-state index contributed by atoms with van der Waals surface area (Å²) in [5.41, 5.74) is 8.76. The third-order valence-electron chi connectivity index (χ3n) is 3.32. The van der Waals surface area contributed by atoms with Crippen LogP contribution in [0.4, 0.5) is 0 Å². The number of hydrogen-bond acceptors (Lipinski definition) is 5. The van der Waals surface area contributed by atoms with Gasteiger partial charge in [-0.3, -0.25) is 0 Å². The first kappa shape index (κ1) is 17.4. The summed E-state index contributed by atoms with van der Waals surface area (Å²) in [7, 11) is -3.78. The molecule has 1 aromatic rings. The molecule has 4 N–H and O–H groups in total. The number of nitrogens with two attached hydrogens (primary N) is 1. The molecule has 1 aromatic carbocycles. The van der Waals surface area contributed by atoms with Crippen molar-refractivity contribution in [3.8, 4) is 16.9 Å². The van der Waals surface area contributed by atoms with E-state index in [-0.39, 0.29) is 24.6 Å². The molecule has 0 amide bonds. The summed E-state index contributed by atoms with van der Waals surface area (Å²) < 4.78 is 30.8. The predicted molar refractivity (Wildman–Crippen MR) is 88.3 cm³/mol. The van der Waals surface area contributed by atoms with Crippen molar-refractivity contribution in [2.75, 3.05) is 6.54 Å². The Balaban J connectivity index is 0.000000227. The van der Waals surface area contributed by atoms with Gasteiger partial charge in [0.2, 0.25) is 10.0 Å². The summed E-state index contributed by atoms with van der Waals surface area (Å²) in [5, 5.41) is 9.18. The maximum absolute atomic E-state index is 11.8. The van der Waals surface area contributed by atoms with Crippen LogP contribution in [0.3, 0.4) is 0 Å². The van der Waals surface area contributed by atoms with Gasteiger partial charge in [-0.25, -0.2) is 8.42 Å². The average Bonchev–Trinajstić information content (AvgIpc) is 3.14. The van der Waals surface area contributed by atoms with Gasteiger partial charge in [0.25, 0.3) is 0 Å². The monoisotopic (exact) mass is 336 g/mol. The topological polar surface area (TPSA) is 102 Å². The second-order valence-electron chi connectivity index (χ2n) is 5.02. The highest BCUT2D eigenvalue weighted by atomic mass is 32.2. The summed E-state index contributed by atoms with van der Waals surface area (Å²) >= 11 is 0. The second-order valence-corrected chi connectivity index (χ2v) is 6.71. The van der Waals surface area contributed by atoms with Gasteiger partial charge in [-0.05, 0) is 34.9 Å². The number of nitrogens with one attached hydrogen (secondary N) is 1. The van der Waals surface area contributed by atoms with Gasteiger partial charge >= 0.3 is 0 Å². The lowest BCUT2D eigenvalue weighted by Crippen LogP contribution is -2.40. The fraction of sp³-hybridized carbons (Fsp3) is 0.250. The summed E-state index contributed by atoms with van der Waals surface area (Å²) in [6.45, 7) is 0.194. The van der Waals surface area contributed by atoms with E-state index in [1.54, 1.807) is 12.1 Å². The van der Waals surface area contributed by atoms with Crippen molar-refractivity contribution in [1.82, 2.24) is 4.72 Å². The molecule has 4 aliphatic rings. The Labute approximate surface area is 136 Å². The van der Waals surface area contributed by atoms with E-state index in [2.05, 4.69) is 24.3 Å². The molecule has 5 rings (SSSR count). The Morgan fingerprint density at radius 2 is 1.91 bits per heavy atom. The highest BCUT2D eigenvalue weighted by molar-refractivity contribution is 7.89. The van der Waals surface area contributed by atoms with Crippen LogP contribution in [0.15, 0.2) is 47.4 Å². The van der Waals surface area contributed by atoms with Crippen LogP contribution in [0.1, 0.15) is 13.0 Å². The molecule has 0 radical (unpaired) electrons. The van der Waals surface area contributed by atoms with Gasteiger partial charge in [0.05, 0.1) is 0 Å². The Morgan fingerprint density at radius 3 is 2.26 bits per heavy atom. The van der Waals surface area contributed by atoms with Crippen molar-refractivity contribution in [2.24, 2.45) is 5.73 Å². The number of ether oxygens (including phenoxy) is 1. The molecule has 23 heavy (non-hydrogen) atoms. The van der Waals surface area contributed by atoms with Gasteiger partial charge in [-0.1, -0.05) is 31.7 Å². The van der Waals surface area contributed by atoms with Crippen LogP contribution in [0, 0.1) is 0 Å². The molecule has 124 valence electrons. The maximum atomic E-state index is 11.8. The summed E-state index contributed by atoms with van der Waals surface area (Å²) in [6.07, 6.45) is -1.29. The van der Waals surface area contributed by atoms with Crippen LogP contribution < -0.4 is 15.2 Å². The molecular formula is C16H20N2O4S. The third kappa shape index (κ3) is 3.89. The number of benzene rings is 2. The quantitative estimate of drug-likeness (QED) is 0.626. The fourth-order valence-corrected chi connectivity index (χ4v) is 3.38. The van der Waals surface area contributed by atoms with Crippen LogP contribution in [0.25, 0.3) is 11.1 Å². The molecule has 7 heteroatoms. The molecule has 2 aliphatic heterocycles. The summed E-state index contributed by atoms with van der Waals surface area (Å²) in [4.78, 5) is 0.0313. The van der Waals surface area contributed by atoms with Crippen molar-refractivity contribution < 1.29 is 18.3 Å². The zero-order chi connectivity index (χ0) is 15.7. The van der Waals surface area contributed by atoms with E-state index < -0.39 is 16.3 Å². The number of rotatable bonds is 4. The van der Waals surface area contributed by atoms with Crippen molar-refractivity contribution in [1.29, 1.82) is 0 Å². The van der Waals surface area contributed by atoms with Crippen molar-refractivity contribution in [3.05, 3.63) is 48.0 Å². The molecular weight excluding hydrogens is 316 g/mol. The molecule has 0 saturated carbocycles. The minimum atomic E-state index is -3.78. The van der Waals surface area contributed by atoms with E-state index in [1.807, 2.05) is 4.72 Å². The second kappa shape index (κ2) is 6.67. The Hall–Kier alpha value is -1.93. The van der Waals surface area contributed by atoms with E-state index in [0.29, 0.717) is 6.61 Å². The molecule has 1 atom stereocenters. The number of hydrogen-bond donors (Lipinski definition) is 3. The molecule has 2 bridgehead atoms. The minimum Gasteiger partial charge on any atom is -0.487 e. The van der Waals surface area contributed by atoms with E-state index in [1.165, 1.54) is 17.2 Å². The van der Waals surface area contributed by atoms with Crippen molar-refractivity contribution in [2.45, 2.75) is 25.2 Å². The molecule has 0 aromatic heterocycles. The molecule has 6 nitrogen and oxygen atoms in total. The maximum Gasteiger partial charge on any atom is 0.246 e. The van der Waals surface area contributed by atoms with Crippen molar-refractivity contribution in [3.63, 3.8) is 0 Å². The molecule has 0 spiro atoms. The van der Waals surface area contributed by atoms with Crippen molar-refractivity contribution >= 4 is 10.0 Å². The zero-order valence-electron chi connectivity index (χ0n) is 11.7. The Kier molecular flexibility index (Phi) is 5.06. The largest absolute Gasteiger partial charge is 0.487 e. The normalized spacial score (nSPS) is 14.0. The van der Waals surface area contributed by atoms with Crippen LogP contribution >= 0.6 is 0 Å². The Morgan fingerprint density at radius 1 is 1.22 bits per heavy atom. The van der Waals surface area contributed by atoms with Gasteiger partial charge in [-0.2, -0.15) is 4.72 Å². The van der Waals surface area contributed by atoms with Crippen LogP contribution in [-0.2, 0) is 16.6 Å². The molecule has 0 saturated heterocycles. The van der Waals surface area contributed by atoms with Gasteiger partial charge in [0, 0.05) is 6.54 Å². The number of aliphatic hydroxyl groups excluding tert-OH is 1.